The first-order valence-corrected chi connectivity index (χ1v) is 10.5. The summed E-state index contributed by atoms with van der Waals surface area (Å²) < 4.78 is 22.0. The normalized spacial score (nSPS) is 27.7. The smallest absolute Gasteiger partial charge is 0.330 e. The molecule has 1 saturated heterocycles. The molecule has 1 saturated carbocycles. The number of esters is 3. The Labute approximate surface area is 173 Å². The summed E-state index contributed by atoms with van der Waals surface area (Å²) in [5.41, 5.74) is -2.52. The molecular weight excluding hydrogens is 376 g/mol. The van der Waals surface area contributed by atoms with E-state index < -0.39 is 28.9 Å². The molecule has 0 aromatic rings. The standard InChI is InChI=1S/C22H34O7/c1-6-26-17(23)10-9-16-11-12-21(18(24)27-7-2,19(25)28-8-3)15-22(16)14-13-20(4,5)29-22/h9-10,16H,6-8,11-15H2,1-5H3/b10-9+/t16-,22-/m0/s1. The molecule has 7 heteroatoms. The predicted octanol–water partition coefficient (Wildman–Crippen LogP) is 3.35. The van der Waals surface area contributed by atoms with E-state index in [0.29, 0.717) is 19.4 Å². The molecule has 2 fully saturated rings. The molecule has 0 unspecified atom stereocenters. The SMILES string of the molecule is CCOC(=O)/C=C/[C@H]1CCC(C(=O)OCC)(C(=O)OCC)C[C@@]12CCC(C)(C)O2. The minimum atomic E-state index is -1.39. The lowest BCUT2D eigenvalue weighted by Gasteiger charge is -2.47. The van der Waals surface area contributed by atoms with Crippen molar-refractivity contribution in [3.63, 3.8) is 0 Å². The predicted molar refractivity (Wildman–Crippen MR) is 106 cm³/mol. The van der Waals surface area contributed by atoms with Crippen LogP contribution in [0.5, 0.6) is 0 Å². The molecule has 1 aliphatic carbocycles. The highest BCUT2D eigenvalue weighted by Gasteiger charge is 2.62. The first kappa shape index (κ1) is 23.4. The van der Waals surface area contributed by atoms with Gasteiger partial charge in [0.25, 0.3) is 0 Å². The van der Waals surface area contributed by atoms with Crippen molar-refractivity contribution >= 4 is 17.9 Å². The highest BCUT2D eigenvalue weighted by Crippen LogP contribution is 2.55. The molecule has 1 spiro atoms. The Kier molecular flexibility index (Phi) is 7.49. The Morgan fingerprint density at radius 2 is 1.52 bits per heavy atom. The zero-order chi connectivity index (χ0) is 21.7. The summed E-state index contributed by atoms with van der Waals surface area (Å²) in [5.74, 6) is -1.64. The van der Waals surface area contributed by atoms with Crippen LogP contribution in [0, 0.1) is 11.3 Å². The zero-order valence-electron chi connectivity index (χ0n) is 18.2. The zero-order valence-corrected chi connectivity index (χ0v) is 18.2. The Morgan fingerprint density at radius 1 is 0.931 bits per heavy atom. The lowest BCUT2D eigenvalue weighted by Crippen LogP contribution is -2.55. The second-order valence-corrected chi connectivity index (χ2v) is 8.38. The molecule has 7 nitrogen and oxygen atoms in total. The Bertz CT molecular complexity index is 634. The molecule has 1 heterocycles. The van der Waals surface area contributed by atoms with Gasteiger partial charge in [0.05, 0.1) is 31.0 Å². The van der Waals surface area contributed by atoms with E-state index in [2.05, 4.69) is 0 Å². The summed E-state index contributed by atoms with van der Waals surface area (Å²) in [6.07, 6.45) is 5.67. The van der Waals surface area contributed by atoms with Crippen molar-refractivity contribution in [3.05, 3.63) is 12.2 Å². The fourth-order valence-electron chi connectivity index (χ4n) is 4.57. The van der Waals surface area contributed by atoms with Crippen molar-refractivity contribution in [1.29, 1.82) is 0 Å². The molecule has 29 heavy (non-hydrogen) atoms. The van der Waals surface area contributed by atoms with Crippen LogP contribution in [0.3, 0.4) is 0 Å². The Balaban J connectivity index is 2.40. The molecule has 164 valence electrons. The number of ether oxygens (including phenoxy) is 4. The number of carbonyl (C=O) groups excluding carboxylic acids is 3. The quantitative estimate of drug-likeness (QED) is 0.275. The van der Waals surface area contributed by atoms with E-state index in [1.165, 1.54) is 6.08 Å². The number of hydrogen-bond donors (Lipinski definition) is 0. The summed E-state index contributed by atoms with van der Waals surface area (Å²) in [6, 6.07) is 0. The van der Waals surface area contributed by atoms with Crippen LogP contribution in [-0.2, 0) is 33.3 Å². The summed E-state index contributed by atoms with van der Waals surface area (Å²) in [7, 11) is 0. The van der Waals surface area contributed by atoms with Gasteiger partial charge in [-0.2, -0.15) is 0 Å². The van der Waals surface area contributed by atoms with Crippen molar-refractivity contribution in [2.45, 2.75) is 77.9 Å². The lowest BCUT2D eigenvalue weighted by molar-refractivity contribution is -0.194. The molecule has 0 amide bonds. The van der Waals surface area contributed by atoms with Crippen LogP contribution in [0.2, 0.25) is 0 Å². The van der Waals surface area contributed by atoms with Crippen molar-refractivity contribution in [3.8, 4) is 0 Å². The van der Waals surface area contributed by atoms with E-state index in [0.717, 1.165) is 6.42 Å². The molecule has 0 radical (unpaired) electrons. The summed E-state index contributed by atoms with van der Waals surface area (Å²) in [6.45, 7) is 9.86. The minimum Gasteiger partial charge on any atom is -0.465 e. The van der Waals surface area contributed by atoms with Crippen LogP contribution in [0.25, 0.3) is 0 Å². The third kappa shape index (κ3) is 5.00. The van der Waals surface area contributed by atoms with Crippen LogP contribution >= 0.6 is 0 Å². The maximum absolute atomic E-state index is 12.9. The second kappa shape index (κ2) is 9.28. The van der Waals surface area contributed by atoms with Crippen molar-refractivity contribution in [1.82, 2.24) is 0 Å². The van der Waals surface area contributed by atoms with E-state index in [-0.39, 0.29) is 37.6 Å². The van der Waals surface area contributed by atoms with Gasteiger partial charge < -0.3 is 18.9 Å². The van der Waals surface area contributed by atoms with E-state index in [9.17, 15) is 14.4 Å². The van der Waals surface area contributed by atoms with E-state index in [4.69, 9.17) is 18.9 Å². The molecule has 0 aromatic heterocycles. The first-order valence-electron chi connectivity index (χ1n) is 10.5. The monoisotopic (exact) mass is 410 g/mol. The fourth-order valence-corrected chi connectivity index (χ4v) is 4.57. The van der Waals surface area contributed by atoms with Crippen LogP contribution in [0.15, 0.2) is 12.2 Å². The van der Waals surface area contributed by atoms with Crippen molar-refractivity contribution < 1.29 is 33.3 Å². The highest BCUT2D eigenvalue weighted by atomic mass is 16.6. The molecule has 1 aliphatic heterocycles. The van der Waals surface area contributed by atoms with Gasteiger partial charge in [0, 0.05) is 18.4 Å². The average Bonchev–Trinajstić information content (AvgIpc) is 2.96. The van der Waals surface area contributed by atoms with Crippen LogP contribution < -0.4 is 0 Å². The number of rotatable bonds is 7. The average molecular weight is 411 g/mol. The van der Waals surface area contributed by atoms with Gasteiger partial charge in [-0.3, -0.25) is 9.59 Å². The van der Waals surface area contributed by atoms with E-state index in [1.54, 1.807) is 26.8 Å². The summed E-state index contributed by atoms with van der Waals surface area (Å²) in [5, 5.41) is 0. The maximum atomic E-state index is 12.9. The van der Waals surface area contributed by atoms with Crippen LogP contribution in [-0.4, -0.2) is 48.9 Å². The van der Waals surface area contributed by atoms with Crippen LogP contribution in [0.4, 0.5) is 0 Å². The first-order chi connectivity index (χ1) is 13.6. The van der Waals surface area contributed by atoms with Gasteiger partial charge in [-0.05, 0) is 60.3 Å². The number of carbonyl (C=O) groups is 3. The topological polar surface area (TPSA) is 88.1 Å². The van der Waals surface area contributed by atoms with Gasteiger partial charge in [-0.1, -0.05) is 6.08 Å². The largest absolute Gasteiger partial charge is 0.465 e. The third-order valence-corrected chi connectivity index (χ3v) is 5.87. The summed E-state index contributed by atoms with van der Waals surface area (Å²) >= 11 is 0. The maximum Gasteiger partial charge on any atom is 0.330 e. The molecule has 0 bridgehead atoms. The van der Waals surface area contributed by atoms with Gasteiger partial charge >= 0.3 is 17.9 Å². The van der Waals surface area contributed by atoms with Crippen LogP contribution in [0.1, 0.15) is 66.7 Å². The van der Waals surface area contributed by atoms with Gasteiger partial charge in [-0.25, -0.2) is 4.79 Å². The van der Waals surface area contributed by atoms with Gasteiger partial charge in [0.15, 0.2) is 5.41 Å². The molecule has 0 N–H and O–H groups in total. The molecule has 2 atom stereocenters. The molecule has 2 rings (SSSR count). The van der Waals surface area contributed by atoms with Crippen molar-refractivity contribution in [2.75, 3.05) is 19.8 Å². The van der Waals surface area contributed by atoms with Crippen molar-refractivity contribution in [2.24, 2.45) is 11.3 Å². The Morgan fingerprint density at radius 3 is 2.00 bits per heavy atom. The summed E-state index contributed by atoms with van der Waals surface area (Å²) in [4.78, 5) is 37.7. The van der Waals surface area contributed by atoms with Gasteiger partial charge in [-0.15, -0.1) is 0 Å². The van der Waals surface area contributed by atoms with E-state index >= 15 is 0 Å². The molecular formula is C22H34O7. The van der Waals surface area contributed by atoms with Gasteiger partial charge in [0.1, 0.15) is 0 Å². The minimum absolute atomic E-state index is 0.120. The fraction of sp³-hybridized carbons (Fsp3) is 0.773. The number of hydrogen-bond acceptors (Lipinski definition) is 7. The molecule has 0 aromatic carbocycles. The molecule has 2 aliphatic rings. The second-order valence-electron chi connectivity index (χ2n) is 8.38. The third-order valence-electron chi connectivity index (χ3n) is 5.87. The van der Waals surface area contributed by atoms with E-state index in [1.807, 2.05) is 13.8 Å². The Hall–Kier alpha value is -1.89. The highest BCUT2D eigenvalue weighted by molar-refractivity contribution is 6.00. The lowest BCUT2D eigenvalue weighted by atomic mass is 9.61. The van der Waals surface area contributed by atoms with Gasteiger partial charge in [0.2, 0.25) is 0 Å².